The Morgan fingerprint density at radius 2 is 2.40 bits per heavy atom. The van der Waals surface area contributed by atoms with E-state index < -0.39 is 5.97 Å². The van der Waals surface area contributed by atoms with Crippen LogP contribution in [0.3, 0.4) is 0 Å². The molecule has 0 aliphatic carbocycles. The highest BCUT2D eigenvalue weighted by Gasteiger charge is 2.09. The number of halogens is 1. The van der Waals surface area contributed by atoms with Crippen LogP contribution in [0.5, 0.6) is 0 Å². The lowest BCUT2D eigenvalue weighted by molar-refractivity contribution is -0.140. The van der Waals surface area contributed by atoms with Crippen molar-refractivity contribution in [2.45, 2.75) is 13.3 Å². The fourth-order valence-corrected chi connectivity index (χ4v) is 0.825. The predicted molar refractivity (Wildman–Crippen MR) is 44.4 cm³/mol. The molecule has 2 nitrogen and oxygen atoms in total. The highest BCUT2D eigenvalue weighted by atomic mass is 79.9. The summed E-state index contributed by atoms with van der Waals surface area (Å²) < 4.78 is 0. The number of hydrogen-bond acceptors (Lipinski definition) is 1. The molecule has 3 heteroatoms. The second-order valence-electron chi connectivity index (χ2n) is 1.94. The van der Waals surface area contributed by atoms with E-state index in [0.29, 0.717) is 6.42 Å². The molecular weight excluding hydrogens is 196 g/mol. The lowest BCUT2D eigenvalue weighted by atomic mass is 10.1. The number of carboxylic acid groups (broad SMARTS) is 1. The minimum Gasteiger partial charge on any atom is -0.481 e. The Morgan fingerprint density at radius 3 is 2.70 bits per heavy atom. The largest absolute Gasteiger partial charge is 0.481 e. The van der Waals surface area contributed by atoms with Gasteiger partial charge in [-0.25, -0.2) is 0 Å². The van der Waals surface area contributed by atoms with Crippen LogP contribution in [0.25, 0.3) is 0 Å². The van der Waals surface area contributed by atoms with E-state index in [-0.39, 0.29) is 5.92 Å². The molecule has 10 heavy (non-hydrogen) atoms. The molecule has 0 rings (SSSR count). The summed E-state index contributed by atoms with van der Waals surface area (Å²) >= 11 is 3.18. The molecule has 0 aromatic carbocycles. The first-order chi connectivity index (χ1) is 4.72. The van der Waals surface area contributed by atoms with Gasteiger partial charge < -0.3 is 5.11 Å². The average Bonchev–Trinajstić information content (AvgIpc) is 1.89. The molecule has 0 fully saturated rings. The van der Waals surface area contributed by atoms with Gasteiger partial charge in [-0.05, 0) is 6.42 Å². The second kappa shape index (κ2) is 5.47. The van der Waals surface area contributed by atoms with Crippen LogP contribution in [0.15, 0.2) is 12.2 Å². The number of allylic oxidation sites excluding steroid dienone is 1. The molecule has 0 aliphatic rings. The normalized spacial score (nSPS) is 13.8. The smallest absolute Gasteiger partial charge is 0.310 e. The van der Waals surface area contributed by atoms with Gasteiger partial charge in [0.05, 0.1) is 5.92 Å². The van der Waals surface area contributed by atoms with Crippen molar-refractivity contribution in [3.05, 3.63) is 12.2 Å². The Hall–Kier alpha value is -0.310. The summed E-state index contributed by atoms with van der Waals surface area (Å²) in [6, 6.07) is 0. The summed E-state index contributed by atoms with van der Waals surface area (Å²) in [5.41, 5.74) is 0. The summed E-state index contributed by atoms with van der Waals surface area (Å²) in [4.78, 5) is 10.4. The van der Waals surface area contributed by atoms with Gasteiger partial charge in [0.25, 0.3) is 0 Å². The van der Waals surface area contributed by atoms with Crippen LogP contribution in [-0.4, -0.2) is 16.4 Å². The molecule has 58 valence electrons. The summed E-state index contributed by atoms with van der Waals surface area (Å²) in [6.45, 7) is 1.86. The molecule has 1 atom stereocenters. The van der Waals surface area contributed by atoms with E-state index in [1.54, 1.807) is 6.08 Å². The highest BCUT2D eigenvalue weighted by Crippen LogP contribution is 2.04. The van der Waals surface area contributed by atoms with Crippen molar-refractivity contribution < 1.29 is 9.90 Å². The third-order valence-electron chi connectivity index (χ3n) is 1.21. The van der Waals surface area contributed by atoms with Gasteiger partial charge in [0.1, 0.15) is 0 Å². The molecule has 1 N–H and O–H groups in total. The van der Waals surface area contributed by atoms with Gasteiger partial charge in [-0.2, -0.15) is 0 Å². The first-order valence-electron chi connectivity index (χ1n) is 3.17. The third kappa shape index (κ3) is 3.67. The van der Waals surface area contributed by atoms with Crippen LogP contribution >= 0.6 is 15.9 Å². The van der Waals surface area contributed by atoms with E-state index in [0.717, 1.165) is 5.33 Å². The lowest BCUT2D eigenvalue weighted by Crippen LogP contribution is -2.09. The Bertz CT molecular complexity index is 132. The molecule has 0 saturated heterocycles. The van der Waals surface area contributed by atoms with E-state index >= 15 is 0 Å². The maximum atomic E-state index is 10.4. The zero-order chi connectivity index (χ0) is 7.98. The third-order valence-corrected chi connectivity index (χ3v) is 1.59. The Morgan fingerprint density at radius 1 is 1.80 bits per heavy atom. The first-order valence-corrected chi connectivity index (χ1v) is 4.30. The minimum atomic E-state index is -0.750. The first kappa shape index (κ1) is 9.69. The summed E-state index contributed by atoms with van der Waals surface area (Å²) in [5, 5.41) is 9.25. The Kier molecular flexibility index (Phi) is 5.30. The number of aliphatic carboxylic acids is 1. The van der Waals surface area contributed by atoms with Crippen molar-refractivity contribution >= 4 is 21.9 Å². The van der Waals surface area contributed by atoms with E-state index in [1.165, 1.54) is 0 Å². The van der Waals surface area contributed by atoms with Gasteiger partial charge >= 0.3 is 5.97 Å². The van der Waals surface area contributed by atoms with Crippen LogP contribution in [-0.2, 0) is 4.79 Å². The highest BCUT2D eigenvalue weighted by molar-refractivity contribution is 9.09. The van der Waals surface area contributed by atoms with Crippen molar-refractivity contribution in [2.75, 3.05) is 5.33 Å². The quantitative estimate of drug-likeness (QED) is 0.565. The molecule has 0 aromatic rings. The number of rotatable bonds is 4. The van der Waals surface area contributed by atoms with Crippen LogP contribution < -0.4 is 0 Å². The molecule has 0 aromatic heterocycles. The molecule has 0 aliphatic heterocycles. The molecule has 0 heterocycles. The lowest BCUT2D eigenvalue weighted by Gasteiger charge is -2.00. The van der Waals surface area contributed by atoms with Gasteiger partial charge in [0.15, 0.2) is 0 Å². The topological polar surface area (TPSA) is 37.3 Å². The van der Waals surface area contributed by atoms with Gasteiger partial charge in [0, 0.05) is 5.33 Å². The van der Waals surface area contributed by atoms with Gasteiger partial charge in [-0.3, -0.25) is 4.79 Å². The van der Waals surface area contributed by atoms with Crippen LogP contribution in [0.4, 0.5) is 0 Å². The molecular formula is C7H11BrO2. The van der Waals surface area contributed by atoms with Gasteiger partial charge in [-0.15, -0.1) is 0 Å². The summed E-state index contributed by atoms with van der Waals surface area (Å²) in [5.74, 6) is -1.07. The van der Waals surface area contributed by atoms with Crippen LogP contribution in [0, 0.1) is 5.92 Å². The number of carboxylic acids is 1. The van der Waals surface area contributed by atoms with E-state index in [9.17, 15) is 4.79 Å². The van der Waals surface area contributed by atoms with Crippen LogP contribution in [0.1, 0.15) is 13.3 Å². The molecule has 0 saturated carbocycles. The Labute approximate surface area is 69.1 Å². The van der Waals surface area contributed by atoms with Crippen molar-refractivity contribution in [1.82, 2.24) is 0 Å². The van der Waals surface area contributed by atoms with Crippen molar-refractivity contribution in [3.63, 3.8) is 0 Å². The molecule has 1 unspecified atom stereocenters. The van der Waals surface area contributed by atoms with Gasteiger partial charge in [-0.1, -0.05) is 35.0 Å². The predicted octanol–water partition coefficient (Wildman–Crippen LogP) is 2.05. The van der Waals surface area contributed by atoms with E-state index in [1.807, 2.05) is 13.0 Å². The fraction of sp³-hybridized carbons (Fsp3) is 0.571. The number of alkyl halides is 1. The molecule has 0 radical (unpaired) electrons. The average molecular weight is 207 g/mol. The maximum Gasteiger partial charge on any atom is 0.310 e. The van der Waals surface area contributed by atoms with Crippen molar-refractivity contribution in [3.8, 4) is 0 Å². The summed E-state index contributed by atoms with van der Waals surface area (Å²) in [7, 11) is 0. The maximum absolute atomic E-state index is 10.4. The fourth-order valence-electron chi connectivity index (χ4n) is 0.609. The zero-order valence-corrected chi connectivity index (χ0v) is 7.47. The summed E-state index contributed by atoms with van der Waals surface area (Å²) in [6.07, 6.45) is 4.16. The molecule has 0 amide bonds. The van der Waals surface area contributed by atoms with Crippen molar-refractivity contribution in [1.29, 1.82) is 0 Å². The number of hydrogen-bond donors (Lipinski definition) is 1. The van der Waals surface area contributed by atoms with Gasteiger partial charge in [0.2, 0.25) is 0 Å². The standard InChI is InChI=1S/C7H11BrO2/c1-2-6(7(9)10)4-3-5-8/h3-4,6H,2,5H2,1H3,(H,9,10)/b4-3+. The molecule has 0 bridgehead atoms. The SMILES string of the molecule is CCC(/C=C/CBr)C(=O)O. The number of carbonyl (C=O) groups is 1. The second-order valence-corrected chi connectivity index (χ2v) is 2.58. The minimum absolute atomic E-state index is 0.322. The molecule has 0 spiro atoms. The zero-order valence-electron chi connectivity index (χ0n) is 5.88. The monoisotopic (exact) mass is 206 g/mol. The van der Waals surface area contributed by atoms with E-state index in [4.69, 9.17) is 5.11 Å². The van der Waals surface area contributed by atoms with E-state index in [2.05, 4.69) is 15.9 Å². The van der Waals surface area contributed by atoms with Crippen molar-refractivity contribution in [2.24, 2.45) is 5.92 Å². The van der Waals surface area contributed by atoms with Crippen LogP contribution in [0.2, 0.25) is 0 Å². The Balaban J connectivity index is 3.83.